The third-order valence-corrected chi connectivity index (χ3v) is 3.13. The number of non-ortho nitro benzene ring substituents is 1. The molecule has 0 aliphatic heterocycles. The van der Waals surface area contributed by atoms with Crippen molar-refractivity contribution < 1.29 is 9.85 Å². The molecule has 1 N–H and O–H groups in total. The van der Waals surface area contributed by atoms with Crippen molar-refractivity contribution in [3.8, 4) is 0 Å². The van der Waals surface area contributed by atoms with E-state index in [0.29, 0.717) is 0 Å². The molecule has 0 fully saturated rings. The lowest BCUT2D eigenvalue weighted by molar-refractivity contribution is -0.393. The summed E-state index contributed by atoms with van der Waals surface area (Å²) in [6.07, 6.45) is 4.75. The second-order valence-electron chi connectivity index (χ2n) is 4.77. The molecular weight excluding hydrogens is 276 g/mol. The molecule has 0 saturated carbocycles. The molecule has 1 aliphatic carbocycles. The van der Waals surface area contributed by atoms with Gasteiger partial charge in [0.2, 0.25) is 0 Å². The highest BCUT2D eigenvalue weighted by Crippen LogP contribution is 2.29. The number of hydrogen-bond donors (Lipinski definition) is 1. The van der Waals surface area contributed by atoms with Crippen LogP contribution in [-0.4, -0.2) is 15.6 Å². The van der Waals surface area contributed by atoms with Gasteiger partial charge in [-0.2, -0.15) is 5.10 Å². The highest BCUT2D eigenvalue weighted by atomic mass is 16.6. The van der Waals surface area contributed by atoms with E-state index in [9.17, 15) is 20.2 Å². The first-order valence-electron chi connectivity index (χ1n) is 6.40. The topological polar surface area (TPSA) is 111 Å². The maximum atomic E-state index is 11.0. The van der Waals surface area contributed by atoms with Crippen LogP contribution in [0.3, 0.4) is 0 Å². The summed E-state index contributed by atoms with van der Waals surface area (Å²) in [5.74, 6) is 0. The van der Waals surface area contributed by atoms with Gasteiger partial charge in [-0.3, -0.25) is 25.7 Å². The van der Waals surface area contributed by atoms with Gasteiger partial charge in [0.05, 0.1) is 21.6 Å². The summed E-state index contributed by atoms with van der Waals surface area (Å²) < 4.78 is 0. The number of hydrogen-bond acceptors (Lipinski definition) is 6. The zero-order valence-electron chi connectivity index (χ0n) is 11.4. The molecule has 0 spiro atoms. The van der Waals surface area contributed by atoms with Crippen LogP contribution in [0.5, 0.6) is 0 Å². The summed E-state index contributed by atoms with van der Waals surface area (Å²) in [7, 11) is 0. The fourth-order valence-corrected chi connectivity index (χ4v) is 2.08. The Bertz CT molecular complexity index is 652. The van der Waals surface area contributed by atoms with Gasteiger partial charge >= 0.3 is 5.69 Å². The normalized spacial score (nSPS) is 16.4. The van der Waals surface area contributed by atoms with Gasteiger partial charge in [-0.1, -0.05) is 5.57 Å². The molecule has 1 aromatic rings. The lowest BCUT2D eigenvalue weighted by atomic mass is 10.00. The predicted octanol–water partition coefficient (Wildman–Crippen LogP) is 3.40. The van der Waals surface area contributed by atoms with E-state index in [1.54, 1.807) is 0 Å². The van der Waals surface area contributed by atoms with Crippen LogP contribution in [0.1, 0.15) is 26.2 Å². The maximum absolute atomic E-state index is 11.0. The van der Waals surface area contributed by atoms with E-state index in [-0.39, 0.29) is 17.1 Å². The molecule has 0 saturated heterocycles. The molecule has 0 unspecified atom stereocenters. The van der Waals surface area contributed by atoms with Crippen molar-refractivity contribution in [1.82, 2.24) is 0 Å². The second-order valence-corrected chi connectivity index (χ2v) is 4.77. The predicted molar refractivity (Wildman–Crippen MR) is 78.4 cm³/mol. The van der Waals surface area contributed by atoms with Gasteiger partial charge in [0.15, 0.2) is 0 Å². The van der Waals surface area contributed by atoms with E-state index in [1.165, 1.54) is 17.7 Å². The molecule has 1 aliphatic rings. The summed E-state index contributed by atoms with van der Waals surface area (Å²) in [5.41, 5.74) is 4.09. The van der Waals surface area contributed by atoms with E-state index in [0.717, 1.165) is 31.0 Å². The Hall–Kier alpha value is -2.77. The fraction of sp³-hybridized carbons (Fsp3) is 0.308. The third kappa shape index (κ3) is 3.62. The van der Waals surface area contributed by atoms with Crippen LogP contribution in [0.15, 0.2) is 34.9 Å². The van der Waals surface area contributed by atoms with Crippen LogP contribution in [0.25, 0.3) is 0 Å². The molecule has 0 bridgehead atoms. The number of anilines is 1. The number of allylic oxidation sites excluding steroid dienone is 2. The van der Waals surface area contributed by atoms with Crippen LogP contribution in [0.4, 0.5) is 17.1 Å². The Morgan fingerprint density at radius 1 is 1.19 bits per heavy atom. The van der Waals surface area contributed by atoms with Gasteiger partial charge in [-0.15, -0.1) is 0 Å². The van der Waals surface area contributed by atoms with Crippen molar-refractivity contribution in [3.05, 3.63) is 50.1 Å². The summed E-state index contributed by atoms with van der Waals surface area (Å²) in [5, 5.41) is 25.8. The first-order valence-corrected chi connectivity index (χ1v) is 6.40. The molecule has 21 heavy (non-hydrogen) atoms. The maximum Gasteiger partial charge on any atom is 0.301 e. The van der Waals surface area contributed by atoms with Gasteiger partial charge in [-0.25, -0.2) is 0 Å². The Labute approximate surface area is 120 Å². The first-order chi connectivity index (χ1) is 9.97. The first kappa shape index (κ1) is 14.6. The lowest BCUT2D eigenvalue weighted by Gasteiger charge is -2.11. The molecule has 8 heteroatoms. The average molecular weight is 290 g/mol. The van der Waals surface area contributed by atoms with E-state index in [1.807, 2.05) is 13.0 Å². The molecular formula is C13H14N4O4. The number of nitrogens with one attached hydrogen (secondary N) is 1. The minimum atomic E-state index is -0.671. The Morgan fingerprint density at radius 2 is 1.95 bits per heavy atom. The smallest absolute Gasteiger partial charge is 0.271 e. The van der Waals surface area contributed by atoms with E-state index in [4.69, 9.17) is 0 Å². The van der Waals surface area contributed by atoms with Crippen molar-refractivity contribution in [1.29, 1.82) is 0 Å². The van der Waals surface area contributed by atoms with Gasteiger partial charge < -0.3 is 0 Å². The van der Waals surface area contributed by atoms with Crippen molar-refractivity contribution in [2.24, 2.45) is 5.10 Å². The van der Waals surface area contributed by atoms with Crippen LogP contribution >= 0.6 is 0 Å². The van der Waals surface area contributed by atoms with Crippen molar-refractivity contribution in [3.63, 3.8) is 0 Å². The summed E-state index contributed by atoms with van der Waals surface area (Å²) >= 11 is 0. The van der Waals surface area contributed by atoms with Gasteiger partial charge in [0.1, 0.15) is 5.69 Å². The fourth-order valence-electron chi connectivity index (χ4n) is 2.08. The quantitative estimate of drug-likeness (QED) is 0.674. The molecule has 0 amide bonds. The zero-order valence-corrected chi connectivity index (χ0v) is 11.4. The minimum Gasteiger partial charge on any atom is -0.271 e. The van der Waals surface area contributed by atoms with Gasteiger partial charge in [-0.05, 0) is 38.3 Å². The molecule has 8 nitrogen and oxygen atoms in total. The summed E-state index contributed by atoms with van der Waals surface area (Å²) in [6.45, 7) is 2.00. The number of nitro benzene ring substituents is 2. The van der Waals surface area contributed by atoms with Crippen molar-refractivity contribution in [2.45, 2.75) is 26.2 Å². The van der Waals surface area contributed by atoms with E-state index >= 15 is 0 Å². The number of hydrazone groups is 1. The monoisotopic (exact) mass is 290 g/mol. The molecule has 0 heterocycles. The molecule has 2 rings (SSSR count). The van der Waals surface area contributed by atoms with E-state index in [2.05, 4.69) is 10.5 Å². The average Bonchev–Trinajstić information content (AvgIpc) is 2.44. The van der Waals surface area contributed by atoms with Crippen molar-refractivity contribution in [2.75, 3.05) is 5.43 Å². The van der Waals surface area contributed by atoms with Crippen LogP contribution in [0, 0.1) is 20.2 Å². The number of benzene rings is 1. The zero-order chi connectivity index (χ0) is 15.4. The number of nitro groups is 2. The second kappa shape index (κ2) is 6.12. The van der Waals surface area contributed by atoms with Gasteiger partial charge in [0, 0.05) is 6.07 Å². The van der Waals surface area contributed by atoms with Crippen molar-refractivity contribution >= 4 is 22.8 Å². The third-order valence-electron chi connectivity index (χ3n) is 3.13. The highest BCUT2D eigenvalue weighted by Gasteiger charge is 2.19. The standard InChI is InChI=1S/C13H14N4O4/c1-9-3-2-4-10(7-9)14-15-12-6-5-11(16(18)19)8-13(12)17(20)21/h5-8,15H,2-4H2,1H3/b14-10+. The molecule has 0 aromatic heterocycles. The molecule has 0 atom stereocenters. The number of nitrogens with zero attached hydrogens (tertiary/aromatic N) is 3. The Balaban J connectivity index is 2.27. The molecule has 1 aromatic carbocycles. The lowest BCUT2D eigenvalue weighted by Crippen LogP contribution is -2.06. The number of rotatable bonds is 4. The highest BCUT2D eigenvalue weighted by molar-refractivity contribution is 5.96. The Morgan fingerprint density at radius 3 is 2.57 bits per heavy atom. The van der Waals surface area contributed by atoms with Crippen LogP contribution in [0.2, 0.25) is 0 Å². The molecule has 110 valence electrons. The molecule has 0 radical (unpaired) electrons. The summed E-state index contributed by atoms with van der Waals surface area (Å²) in [6, 6.07) is 3.42. The Kier molecular flexibility index (Phi) is 4.27. The van der Waals surface area contributed by atoms with Crippen LogP contribution in [-0.2, 0) is 0 Å². The van der Waals surface area contributed by atoms with Gasteiger partial charge in [0.25, 0.3) is 5.69 Å². The SMILES string of the molecule is CC1=C/C(=N/Nc2ccc([N+](=O)[O-])cc2[N+](=O)[O-])CCC1. The van der Waals surface area contributed by atoms with Crippen LogP contribution < -0.4 is 5.43 Å². The minimum absolute atomic E-state index is 0.134. The van der Waals surface area contributed by atoms with E-state index < -0.39 is 9.85 Å². The largest absolute Gasteiger partial charge is 0.301 e. The summed E-state index contributed by atoms with van der Waals surface area (Å²) in [4.78, 5) is 20.3.